The van der Waals surface area contributed by atoms with Gasteiger partial charge in [0.15, 0.2) is 5.75 Å². The fourth-order valence-corrected chi connectivity index (χ4v) is 1.75. The zero-order valence-electron chi connectivity index (χ0n) is 10.4. The Morgan fingerprint density at radius 1 is 1.17 bits per heavy atom. The highest BCUT2D eigenvalue weighted by atomic mass is 16.5. The van der Waals surface area contributed by atoms with Crippen molar-refractivity contribution < 1.29 is 19.0 Å². The molecule has 18 heavy (non-hydrogen) atoms. The quantitative estimate of drug-likeness (QED) is 0.777. The molecular weight excluding hydrogens is 234 g/mol. The van der Waals surface area contributed by atoms with Gasteiger partial charge in [-0.15, -0.1) is 0 Å². The minimum absolute atomic E-state index is 0.351. The monoisotopic (exact) mass is 247 g/mol. The first-order valence-electron chi connectivity index (χ1n) is 5.30. The van der Waals surface area contributed by atoms with Crippen LogP contribution in [0.5, 0.6) is 11.5 Å². The molecule has 1 heterocycles. The van der Waals surface area contributed by atoms with Crippen LogP contribution in [0.3, 0.4) is 0 Å². The van der Waals surface area contributed by atoms with E-state index in [1.165, 1.54) is 20.4 Å². The van der Waals surface area contributed by atoms with E-state index in [0.717, 1.165) is 0 Å². The summed E-state index contributed by atoms with van der Waals surface area (Å²) < 4.78 is 15.1. The van der Waals surface area contributed by atoms with E-state index >= 15 is 0 Å². The third kappa shape index (κ3) is 1.95. The first-order valence-corrected chi connectivity index (χ1v) is 5.30. The van der Waals surface area contributed by atoms with Crippen molar-refractivity contribution in [3.8, 4) is 11.5 Å². The van der Waals surface area contributed by atoms with Crippen molar-refractivity contribution in [2.24, 2.45) is 0 Å². The highest BCUT2D eigenvalue weighted by Gasteiger charge is 2.18. The lowest BCUT2D eigenvalue weighted by atomic mass is 10.1. The second-order valence-electron chi connectivity index (χ2n) is 3.58. The van der Waals surface area contributed by atoms with Crippen LogP contribution in [0.4, 0.5) is 0 Å². The summed E-state index contributed by atoms with van der Waals surface area (Å²) in [6, 6.07) is 5.29. The molecule has 0 aliphatic carbocycles. The number of hydrogen-bond acceptors (Lipinski definition) is 5. The molecule has 0 saturated carbocycles. The Kier molecular flexibility index (Phi) is 3.32. The standard InChI is InChI=1S/C13H13NO4/c1-16-8-4-5-10-9(6-8)12(13(15)18-3)11(17-2)7-14-10/h4-7H,1-3H3. The molecule has 0 radical (unpaired) electrons. The van der Waals surface area contributed by atoms with Gasteiger partial charge < -0.3 is 14.2 Å². The van der Waals surface area contributed by atoms with E-state index in [-0.39, 0.29) is 0 Å². The molecule has 0 fully saturated rings. The molecule has 0 bridgehead atoms. The summed E-state index contributed by atoms with van der Waals surface area (Å²) in [5.74, 6) is 0.554. The molecule has 5 heteroatoms. The van der Waals surface area contributed by atoms with Gasteiger partial charge in [0.2, 0.25) is 0 Å². The van der Waals surface area contributed by atoms with Crippen molar-refractivity contribution in [2.75, 3.05) is 21.3 Å². The fourth-order valence-electron chi connectivity index (χ4n) is 1.75. The number of benzene rings is 1. The number of carbonyl (C=O) groups is 1. The number of aromatic nitrogens is 1. The van der Waals surface area contributed by atoms with E-state index in [9.17, 15) is 4.79 Å². The second-order valence-corrected chi connectivity index (χ2v) is 3.58. The van der Waals surface area contributed by atoms with Crippen LogP contribution in [0.15, 0.2) is 24.4 Å². The number of hydrogen-bond donors (Lipinski definition) is 0. The molecule has 5 nitrogen and oxygen atoms in total. The van der Waals surface area contributed by atoms with E-state index < -0.39 is 5.97 Å². The molecule has 2 rings (SSSR count). The highest BCUT2D eigenvalue weighted by Crippen LogP contribution is 2.29. The van der Waals surface area contributed by atoms with Crippen LogP contribution < -0.4 is 9.47 Å². The van der Waals surface area contributed by atoms with Gasteiger partial charge in [0.1, 0.15) is 11.3 Å². The average molecular weight is 247 g/mol. The van der Waals surface area contributed by atoms with Gasteiger partial charge >= 0.3 is 5.97 Å². The van der Waals surface area contributed by atoms with Crippen LogP contribution in [0.2, 0.25) is 0 Å². The third-order valence-corrected chi connectivity index (χ3v) is 2.65. The van der Waals surface area contributed by atoms with Gasteiger partial charge in [0.25, 0.3) is 0 Å². The van der Waals surface area contributed by atoms with E-state index in [1.54, 1.807) is 25.3 Å². The van der Waals surface area contributed by atoms with E-state index in [4.69, 9.17) is 14.2 Å². The van der Waals surface area contributed by atoms with Crippen LogP contribution >= 0.6 is 0 Å². The number of pyridine rings is 1. The Morgan fingerprint density at radius 2 is 1.94 bits per heavy atom. The lowest BCUT2D eigenvalue weighted by molar-refractivity contribution is 0.0599. The maximum absolute atomic E-state index is 11.8. The van der Waals surface area contributed by atoms with Gasteiger partial charge in [-0.25, -0.2) is 4.79 Å². The smallest absolute Gasteiger partial charge is 0.342 e. The first kappa shape index (κ1) is 12.2. The Balaban J connectivity index is 2.78. The van der Waals surface area contributed by atoms with Crippen LogP contribution in [-0.4, -0.2) is 32.3 Å². The topological polar surface area (TPSA) is 57.7 Å². The number of methoxy groups -OCH3 is 3. The average Bonchev–Trinajstić information content (AvgIpc) is 2.44. The molecule has 0 aliphatic heterocycles. The van der Waals surface area contributed by atoms with E-state index in [2.05, 4.69) is 4.98 Å². The van der Waals surface area contributed by atoms with Gasteiger partial charge in [0.05, 0.1) is 33.0 Å². The number of fused-ring (bicyclic) bond motifs is 1. The van der Waals surface area contributed by atoms with Crippen LogP contribution in [0.1, 0.15) is 10.4 Å². The zero-order valence-corrected chi connectivity index (χ0v) is 10.4. The van der Waals surface area contributed by atoms with Crippen LogP contribution in [-0.2, 0) is 4.74 Å². The Morgan fingerprint density at radius 3 is 2.56 bits per heavy atom. The molecule has 1 aromatic heterocycles. The first-order chi connectivity index (χ1) is 8.71. The second kappa shape index (κ2) is 4.91. The number of rotatable bonds is 3. The molecule has 0 saturated heterocycles. The number of nitrogens with zero attached hydrogens (tertiary/aromatic N) is 1. The lowest BCUT2D eigenvalue weighted by Gasteiger charge is -2.10. The molecule has 0 unspecified atom stereocenters. The van der Waals surface area contributed by atoms with Crippen molar-refractivity contribution in [1.82, 2.24) is 4.98 Å². The van der Waals surface area contributed by atoms with Crippen LogP contribution in [0.25, 0.3) is 10.9 Å². The summed E-state index contributed by atoms with van der Waals surface area (Å²) in [6.07, 6.45) is 1.50. The predicted octanol–water partition coefficient (Wildman–Crippen LogP) is 2.04. The molecule has 0 N–H and O–H groups in total. The van der Waals surface area contributed by atoms with Crippen molar-refractivity contribution in [2.45, 2.75) is 0 Å². The maximum atomic E-state index is 11.8. The van der Waals surface area contributed by atoms with Crippen molar-refractivity contribution >= 4 is 16.9 Å². The molecule has 1 aromatic carbocycles. The predicted molar refractivity (Wildman–Crippen MR) is 66.2 cm³/mol. The van der Waals surface area contributed by atoms with E-state index in [0.29, 0.717) is 28.0 Å². The molecule has 94 valence electrons. The summed E-state index contributed by atoms with van der Waals surface area (Å²) in [5.41, 5.74) is 1.03. The van der Waals surface area contributed by atoms with Crippen LogP contribution in [0, 0.1) is 0 Å². The van der Waals surface area contributed by atoms with Gasteiger partial charge in [-0.1, -0.05) is 0 Å². The summed E-state index contributed by atoms with van der Waals surface area (Å²) >= 11 is 0. The number of ether oxygens (including phenoxy) is 3. The van der Waals surface area contributed by atoms with Gasteiger partial charge in [-0.2, -0.15) is 0 Å². The molecule has 2 aromatic rings. The molecule has 0 spiro atoms. The summed E-state index contributed by atoms with van der Waals surface area (Å²) in [6.45, 7) is 0. The molecule has 0 atom stereocenters. The minimum atomic E-state index is -0.465. The highest BCUT2D eigenvalue weighted by molar-refractivity contribution is 6.06. The largest absolute Gasteiger partial charge is 0.497 e. The maximum Gasteiger partial charge on any atom is 0.342 e. The summed E-state index contributed by atoms with van der Waals surface area (Å²) in [4.78, 5) is 16.1. The fraction of sp³-hybridized carbons (Fsp3) is 0.231. The van der Waals surface area contributed by atoms with Crippen molar-refractivity contribution in [3.05, 3.63) is 30.0 Å². The summed E-state index contributed by atoms with van der Waals surface area (Å²) in [7, 11) is 4.37. The normalized spacial score (nSPS) is 10.2. The number of carbonyl (C=O) groups excluding carboxylic acids is 1. The van der Waals surface area contributed by atoms with Gasteiger partial charge in [0, 0.05) is 5.39 Å². The van der Waals surface area contributed by atoms with Crippen molar-refractivity contribution in [3.63, 3.8) is 0 Å². The molecule has 0 amide bonds. The third-order valence-electron chi connectivity index (χ3n) is 2.65. The van der Waals surface area contributed by atoms with Crippen molar-refractivity contribution in [1.29, 1.82) is 0 Å². The van der Waals surface area contributed by atoms with Gasteiger partial charge in [-0.3, -0.25) is 4.98 Å². The Labute approximate surface area is 104 Å². The summed E-state index contributed by atoms with van der Waals surface area (Å²) in [5, 5.41) is 0.639. The minimum Gasteiger partial charge on any atom is -0.497 e. The lowest BCUT2D eigenvalue weighted by Crippen LogP contribution is -2.06. The SMILES string of the molecule is COC(=O)c1c(OC)cnc2ccc(OC)cc12. The zero-order chi connectivity index (χ0) is 13.1. The van der Waals surface area contributed by atoms with E-state index in [1.807, 2.05) is 0 Å². The number of esters is 1. The van der Waals surface area contributed by atoms with Gasteiger partial charge in [-0.05, 0) is 18.2 Å². The Hall–Kier alpha value is -2.30. The molecular formula is C13H13NO4. The Bertz CT molecular complexity index is 590. The molecule has 0 aliphatic rings.